The van der Waals surface area contributed by atoms with Crippen LogP contribution in [0.15, 0.2) is 24.3 Å². The third kappa shape index (κ3) is 3.09. The van der Waals surface area contributed by atoms with Crippen molar-refractivity contribution in [3.8, 4) is 0 Å². The normalized spacial score (nSPS) is 12.8. The zero-order chi connectivity index (χ0) is 12.1. The summed E-state index contributed by atoms with van der Waals surface area (Å²) in [5, 5.41) is 0. The number of rotatable bonds is 5. The van der Waals surface area contributed by atoms with Crippen LogP contribution in [-0.2, 0) is 6.42 Å². The summed E-state index contributed by atoms with van der Waals surface area (Å²) in [5.41, 5.74) is 7.12. The summed E-state index contributed by atoms with van der Waals surface area (Å²) in [6.07, 6.45) is 2.07. The zero-order valence-electron chi connectivity index (χ0n) is 10.4. The Labute approximate surface area is 97.9 Å². The van der Waals surface area contributed by atoms with Crippen molar-refractivity contribution in [1.29, 1.82) is 0 Å². The number of hydrogen-bond acceptors (Lipinski definition) is 1. The van der Waals surface area contributed by atoms with Crippen LogP contribution in [0.2, 0.25) is 0 Å². The minimum atomic E-state index is -0.325. The van der Waals surface area contributed by atoms with E-state index >= 15 is 0 Å². The first-order valence-corrected chi connectivity index (χ1v) is 5.94. The quantitative estimate of drug-likeness (QED) is 0.812. The fourth-order valence-electron chi connectivity index (χ4n) is 2.07. The highest BCUT2D eigenvalue weighted by Crippen LogP contribution is 2.22. The Morgan fingerprint density at radius 3 is 2.44 bits per heavy atom. The van der Waals surface area contributed by atoms with Crippen LogP contribution in [0, 0.1) is 11.8 Å². The predicted molar refractivity (Wildman–Crippen MR) is 67.3 cm³/mol. The lowest BCUT2D eigenvalue weighted by molar-refractivity contribution is 0.0999. The number of carbonyl (C=O) groups excluding carboxylic acids is 1. The second kappa shape index (κ2) is 5.69. The van der Waals surface area contributed by atoms with E-state index in [2.05, 4.69) is 20.8 Å². The van der Waals surface area contributed by atoms with Gasteiger partial charge >= 0.3 is 0 Å². The molecule has 0 aromatic heterocycles. The molecule has 1 aromatic carbocycles. The van der Waals surface area contributed by atoms with Gasteiger partial charge in [0.2, 0.25) is 5.91 Å². The lowest BCUT2D eigenvalue weighted by atomic mass is 9.86. The minimum Gasteiger partial charge on any atom is -0.366 e. The summed E-state index contributed by atoms with van der Waals surface area (Å²) in [6.45, 7) is 6.64. The van der Waals surface area contributed by atoms with Crippen molar-refractivity contribution in [2.45, 2.75) is 33.6 Å². The van der Waals surface area contributed by atoms with E-state index in [9.17, 15) is 4.79 Å². The Morgan fingerprint density at radius 2 is 1.94 bits per heavy atom. The van der Waals surface area contributed by atoms with Gasteiger partial charge in [-0.3, -0.25) is 4.79 Å². The molecule has 1 aromatic rings. The predicted octanol–water partition coefficient (Wildman–Crippen LogP) is 3.01. The van der Waals surface area contributed by atoms with Crippen molar-refractivity contribution in [2.75, 3.05) is 0 Å². The molecule has 2 heteroatoms. The molecule has 1 unspecified atom stereocenters. The number of carbonyl (C=O) groups is 1. The monoisotopic (exact) mass is 219 g/mol. The highest BCUT2D eigenvalue weighted by molar-refractivity contribution is 5.94. The topological polar surface area (TPSA) is 43.1 Å². The van der Waals surface area contributed by atoms with Gasteiger partial charge in [0, 0.05) is 5.56 Å². The van der Waals surface area contributed by atoms with Crippen molar-refractivity contribution in [3.63, 3.8) is 0 Å². The third-order valence-electron chi connectivity index (χ3n) is 3.23. The van der Waals surface area contributed by atoms with Gasteiger partial charge in [0.1, 0.15) is 0 Å². The highest BCUT2D eigenvalue weighted by atomic mass is 16.1. The van der Waals surface area contributed by atoms with Crippen LogP contribution in [0.25, 0.3) is 0 Å². The second-order valence-electron chi connectivity index (χ2n) is 4.64. The standard InChI is InChI=1S/C14H21NO/c1-4-11(10(2)3)9-12-7-5-6-8-13(12)14(15)16/h5-8,10-11H,4,9H2,1-3H3,(H2,15,16). The average molecular weight is 219 g/mol. The third-order valence-corrected chi connectivity index (χ3v) is 3.23. The summed E-state index contributed by atoms with van der Waals surface area (Å²) in [6, 6.07) is 7.64. The molecular formula is C14H21NO. The zero-order valence-corrected chi connectivity index (χ0v) is 10.4. The molecule has 0 radical (unpaired) electrons. The van der Waals surface area contributed by atoms with Gasteiger partial charge in [0.15, 0.2) is 0 Å². The molecule has 0 aliphatic heterocycles. The summed E-state index contributed by atoms with van der Waals surface area (Å²) < 4.78 is 0. The van der Waals surface area contributed by atoms with Crippen LogP contribution in [0.4, 0.5) is 0 Å². The van der Waals surface area contributed by atoms with E-state index in [0.29, 0.717) is 17.4 Å². The molecule has 0 aliphatic rings. The molecule has 1 amide bonds. The minimum absolute atomic E-state index is 0.325. The van der Waals surface area contributed by atoms with Gasteiger partial charge in [-0.25, -0.2) is 0 Å². The molecule has 16 heavy (non-hydrogen) atoms. The summed E-state index contributed by atoms with van der Waals surface area (Å²) in [5.74, 6) is 0.917. The lowest BCUT2D eigenvalue weighted by Gasteiger charge is -2.20. The van der Waals surface area contributed by atoms with E-state index in [4.69, 9.17) is 5.73 Å². The molecule has 0 heterocycles. The van der Waals surface area contributed by atoms with Crippen molar-refractivity contribution in [3.05, 3.63) is 35.4 Å². The van der Waals surface area contributed by atoms with Crippen LogP contribution >= 0.6 is 0 Å². The van der Waals surface area contributed by atoms with E-state index in [1.165, 1.54) is 0 Å². The van der Waals surface area contributed by atoms with E-state index < -0.39 is 0 Å². The molecule has 88 valence electrons. The number of benzene rings is 1. The first kappa shape index (κ1) is 12.8. The Balaban J connectivity index is 2.91. The Hall–Kier alpha value is -1.31. The summed E-state index contributed by atoms with van der Waals surface area (Å²) in [4.78, 5) is 11.3. The SMILES string of the molecule is CCC(Cc1ccccc1C(N)=O)C(C)C. The smallest absolute Gasteiger partial charge is 0.248 e. The summed E-state index contributed by atoms with van der Waals surface area (Å²) in [7, 11) is 0. The largest absolute Gasteiger partial charge is 0.366 e. The Morgan fingerprint density at radius 1 is 1.31 bits per heavy atom. The van der Waals surface area contributed by atoms with Crippen molar-refractivity contribution in [2.24, 2.45) is 17.6 Å². The van der Waals surface area contributed by atoms with Crippen molar-refractivity contribution < 1.29 is 4.79 Å². The first-order valence-electron chi connectivity index (χ1n) is 5.94. The van der Waals surface area contributed by atoms with Crippen LogP contribution in [0.3, 0.4) is 0 Å². The fraction of sp³-hybridized carbons (Fsp3) is 0.500. The maximum absolute atomic E-state index is 11.3. The second-order valence-corrected chi connectivity index (χ2v) is 4.64. The number of primary amides is 1. The van der Waals surface area contributed by atoms with E-state index in [1.54, 1.807) is 0 Å². The molecule has 2 nitrogen and oxygen atoms in total. The van der Waals surface area contributed by atoms with Crippen molar-refractivity contribution >= 4 is 5.91 Å². The Bertz CT molecular complexity index is 358. The molecule has 2 N–H and O–H groups in total. The van der Waals surface area contributed by atoms with Crippen LogP contribution in [0.5, 0.6) is 0 Å². The summed E-state index contributed by atoms with van der Waals surface area (Å²) >= 11 is 0. The first-order chi connectivity index (χ1) is 7.56. The molecule has 0 fully saturated rings. The highest BCUT2D eigenvalue weighted by Gasteiger charge is 2.15. The molecule has 1 rings (SSSR count). The van der Waals surface area contributed by atoms with Gasteiger partial charge in [-0.15, -0.1) is 0 Å². The number of amides is 1. The number of nitrogens with two attached hydrogens (primary N) is 1. The molecule has 0 aliphatic carbocycles. The average Bonchev–Trinajstić information content (AvgIpc) is 2.25. The molecule has 0 bridgehead atoms. The Kier molecular flexibility index (Phi) is 4.53. The molecule has 0 saturated carbocycles. The molecular weight excluding hydrogens is 198 g/mol. The van der Waals surface area contributed by atoms with Gasteiger partial charge in [-0.05, 0) is 29.9 Å². The van der Waals surface area contributed by atoms with Crippen molar-refractivity contribution in [1.82, 2.24) is 0 Å². The van der Waals surface area contributed by atoms with Gasteiger partial charge in [0.25, 0.3) is 0 Å². The molecule has 0 saturated heterocycles. The van der Waals surface area contributed by atoms with Gasteiger partial charge in [0.05, 0.1) is 0 Å². The number of hydrogen-bond donors (Lipinski definition) is 1. The van der Waals surface area contributed by atoms with E-state index in [1.807, 2.05) is 24.3 Å². The van der Waals surface area contributed by atoms with Gasteiger partial charge in [-0.2, -0.15) is 0 Å². The van der Waals surface area contributed by atoms with E-state index in [0.717, 1.165) is 18.4 Å². The van der Waals surface area contributed by atoms with E-state index in [-0.39, 0.29) is 5.91 Å². The van der Waals surface area contributed by atoms with Crippen LogP contribution in [0.1, 0.15) is 43.1 Å². The van der Waals surface area contributed by atoms with Crippen LogP contribution in [-0.4, -0.2) is 5.91 Å². The molecule has 1 atom stereocenters. The maximum atomic E-state index is 11.3. The van der Waals surface area contributed by atoms with Gasteiger partial charge < -0.3 is 5.73 Å². The van der Waals surface area contributed by atoms with Gasteiger partial charge in [-0.1, -0.05) is 45.4 Å². The van der Waals surface area contributed by atoms with Crippen LogP contribution < -0.4 is 5.73 Å². The fourth-order valence-corrected chi connectivity index (χ4v) is 2.07. The maximum Gasteiger partial charge on any atom is 0.248 e. The lowest BCUT2D eigenvalue weighted by Crippen LogP contribution is -2.17. The molecule has 0 spiro atoms.